The maximum absolute atomic E-state index is 11.3. The summed E-state index contributed by atoms with van der Waals surface area (Å²) in [4.78, 5) is 22.3. The van der Waals surface area contributed by atoms with Crippen LogP contribution in [0.4, 0.5) is 0 Å². The molecule has 1 N–H and O–H groups in total. The SMILES string of the molecule is C[C@]1(C(=O)O)CC[C@@H]2C[C@H]1C(=O)O2. The van der Waals surface area contributed by atoms with Crippen LogP contribution in [0.3, 0.4) is 0 Å². The van der Waals surface area contributed by atoms with E-state index in [4.69, 9.17) is 9.84 Å². The summed E-state index contributed by atoms with van der Waals surface area (Å²) in [6, 6.07) is 0. The third kappa shape index (κ3) is 1.04. The molecule has 0 spiro atoms. The molecule has 0 amide bonds. The van der Waals surface area contributed by atoms with Gasteiger partial charge in [0, 0.05) is 0 Å². The largest absolute Gasteiger partial charge is 0.481 e. The highest BCUT2D eigenvalue weighted by Crippen LogP contribution is 2.46. The molecule has 72 valence electrons. The highest BCUT2D eigenvalue weighted by atomic mass is 16.6. The van der Waals surface area contributed by atoms with Crippen LogP contribution in [0.2, 0.25) is 0 Å². The summed E-state index contributed by atoms with van der Waals surface area (Å²) in [5.41, 5.74) is -0.899. The number of carbonyl (C=O) groups is 2. The van der Waals surface area contributed by atoms with Gasteiger partial charge in [-0.3, -0.25) is 9.59 Å². The molecule has 4 nitrogen and oxygen atoms in total. The molecule has 13 heavy (non-hydrogen) atoms. The average molecular weight is 184 g/mol. The Hall–Kier alpha value is -1.06. The van der Waals surface area contributed by atoms with E-state index in [1.165, 1.54) is 0 Å². The van der Waals surface area contributed by atoms with E-state index in [9.17, 15) is 9.59 Å². The van der Waals surface area contributed by atoms with Gasteiger partial charge in [0.25, 0.3) is 0 Å². The number of rotatable bonds is 1. The summed E-state index contributed by atoms with van der Waals surface area (Å²) in [6.45, 7) is 1.64. The van der Waals surface area contributed by atoms with Crippen molar-refractivity contribution >= 4 is 11.9 Å². The lowest BCUT2D eigenvalue weighted by Gasteiger charge is -2.31. The first-order valence-corrected chi connectivity index (χ1v) is 4.48. The molecule has 0 aromatic rings. The van der Waals surface area contributed by atoms with E-state index in [2.05, 4.69) is 0 Å². The molecule has 0 aromatic carbocycles. The Morgan fingerprint density at radius 2 is 2.38 bits per heavy atom. The lowest BCUT2D eigenvalue weighted by Crippen LogP contribution is -2.40. The van der Waals surface area contributed by atoms with E-state index in [0.717, 1.165) is 0 Å². The molecule has 4 heteroatoms. The number of carboxylic acid groups (broad SMARTS) is 1. The molecule has 0 unspecified atom stereocenters. The minimum atomic E-state index is -0.899. The zero-order chi connectivity index (χ0) is 9.64. The number of hydrogen-bond acceptors (Lipinski definition) is 3. The predicted octanol–water partition coefficient (Wildman–Crippen LogP) is 0.803. The van der Waals surface area contributed by atoms with Gasteiger partial charge in [0.15, 0.2) is 0 Å². The van der Waals surface area contributed by atoms with Gasteiger partial charge in [-0.2, -0.15) is 0 Å². The number of esters is 1. The van der Waals surface area contributed by atoms with E-state index in [0.29, 0.717) is 19.3 Å². The molecular weight excluding hydrogens is 172 g/mol. The number of aliphatic carboxylic acids is 1. The second kappa shape index (κ2) is 2.47. The molecule has 0 aromatic heterocycles. The lowest BCUT2D eigenvalue weighted by atomic mass is 9.68. The van der Waals surface area contributed by atoms with Crippen LogP contribution in [0.25, 0.3) is 0 Å². The van der Waals surface area contributed by atoms with Crippen molar-refractivity contribution in [1.29, 1.82) is 0 Å². The van der Waals surface area contributed by atoms with E-state index in [-0.39, 0.29) is 12.1 Å². The maximum Gasteiger partial charge on any atom is 0.310 e. The first-order chi connectivity index (χ1) is 6.04. The van der Waals surface area contributed by atoms with Gasteiger partial charge in [0.2, 0.25) is 0 Å². The molecule has 1 heterocycles. The summed E-state index contributed by atoms with van der Waals surface area (Å²) in [5.74, 6) is -1.63. The fourth-order valence-corrected chi connectivity index (χ4v) is 2.24. The molecule has 2 bridgehead atoms. The van der Waals surface area contributed by atoms with Crippen LogP contribution in [0.15, 0.2) is 0 Å². The van der Waals surface area contributed by atoms with Crippen LogP contribution in [0, 0.1) is 11.3 Å². The van der Waals surface area contributed by atoms with Crippen molar-refractivity contribution in [1.82, 2.24) is 0 Å². The average Bonchev–Trinajstić information content (AvgIpc) is 2.38. The van der Waals surface area contributed by atoms with Gasteiger partial charge in [-0.15, -0.1) is 0 Å². The fourth-order valence-electron chi connectivity index (χ4n) is 2.24. The summed E-state index contributed by atoms with van der Waals surface area (Å²) < 4.78 is 5.03. The molecule has 2 rings (SSSR count). The predicted molar refractivity (Wildman–Crippen MR) is 43.0 cm³/mol. The molecule has 2 fully saturated rings. The highest BCUT2D eigenvalue weighted by Gasteiger charge is 2.54. The molecule has 3 atom stereocenters. The second-order valence-electron chi connectivity index (χ2n) is 4.11. The summed E-state index contributed by atoms with van der Waals surface area (Å²) in [5, 5.41) is 9.03. The van der Waals surface area contributed by atoms with Crippen LogP contribution >= 0.6 is 0 Å². The van der Waals surface area contributed by atoms with Crippen molar-refractivity contribution in [2.45, 2.75) is 32.3 Å². The van der Waals surface area contributed by atoms with Crippen LogP contribution in [0.5, 0.6) is 0 Å². The van der Waals surface area contributed by atoms with Gasteiger partial charge in [0.1, 0.15) is 6.10 Å². The molecule has 1 aliphatic carbocycles. The first-order valence-electron chi connectivity index (χ1n) is 4.48. The Morgan fingerprint density at radius 1 is 1.69 bits per heavy atom. The van der Waals surface area contributed by atoms with Gasteiger partial charge < -0.3 is 9.84 Å². The second-order valence-corrected chi connectivity index (χ2v) is 4.11. The summed E-state index contributed by atoms with van der Waals surface area (Å²) >= 11 is 0. The molecule has 1 aliphatic heterocycles. The maximum atomic E-state index is 11.3. The summed E-state index contributed by atoms with van der Waals surface area (Å²) in [7, 11) is 0. The Balaban J connectivity index is 2.31. The third-order valence-corrected chi connectivity index (χ3v) is 3.31. The van der Waals surface area contributed by atoms with E-state index >= 15 is 0 Å². The standard InChI is InChI=1S/C9H12O4/c1-9(8(11)12)3-2-5-4-6(9)7(10)13-5/h5-6H,2-4H2,1H3,(H,11,12)/t5-,6+,9+/m1/s1. The molecule has 1 saturated heterocycles. The van der Waals surface area contributed by atoms with Crippen LogP contribution < -0.4 is 0 Å². The first kappa shape index (κ1) is 8.53. The quantitative estimate of drug-likeness (QED) is 0.612. The van der Waals surface area contributed by atoms with Gasteiger partial charge in [-0.1, -0.05) is 0 Å². The topological polar surface area (TPSA) is 63.6 Å². The molecule has 2 aliphatic rings. The van der Waals surface area contributed by atoms with Crippen LogP contribution in [-0.2, 0) is 14.3 Å². The van der Waals surface area contributed by atoms with Crippen molar-refractivity contribution in [2.24, 2.45) is 11.3 Å². The van der Waals surface area contributed by atoms with Gasteiger partial charge in [-0.25, -0.2) is 0 Å². The van der Waals surface area contributed by atoms with Crippen molar-refractivity contribution in [2.75, 3.05) is 0 Å². The van der Waals surface area contributed by atoms with Crippen molar-refractivity contribution in [3.63, 3.8) is 0 Å². The van der Waals surface area contributed by atoms with Crippen molar-refractivity contribution < 1.29 is 19.4 Å². The minimum absolute atomic E-state index is 0.0232. The van der Waals surface area contributed by atoms with E-state index < -0.39 is 17.3 Å². The van der Waals surface area contributed by atoms with Crippen LogP contribution in [-0.4, -0.2) is 23.1 Å². The number of fused-ring (bicyclic) bond motifs is 2. The zero-order valence-corrected chi connectivity index (χ0v) is 7.45. The zero-order valence-electron chi connectivity index (χ0n) is 7.45. The monoisotopic (exact) mass is 184 g/mol. The van der Waals surface area contributed by atoms with Crippen LogP contribution in [0.1, 0.15) is 26.2 Å². The van der Waals surface area contributed by atoms with Gasteiger partial charge in [0.05, 0.1) is 11.3 Å². The Labute approximate surface area is 75.9 Å². The smallest absolute Gasteiger partial charge is 0.310 e. The Bertz CT molecular complexity index is 273. The number of carbonyl (C=O) groups excluding carboxylic acids is 1. The minimum Gasteiger partial charge on any atom is -0.481 e. The third-order valence-electron chi connectivity index (χ3n) is 3.31. The number of ether oxygens (including phenoxy) is 1. The van der Waals surface area contributed by atoms with E-state index in [1.54, 1.807) is 6.92 Å². The van der Waals surface area contributed by atoms with E-state index in [1.807, 2.05) is 0 Å². The molecule has 0 radical (unpaired) electrons. The fraction of sp³-hybridized carbons (Fsp3) is 0.778. The van der Waals surface area contributed by atoms with Crippen molar-refractivity contribution in [3.8, 4) is 0 Å². The van der Waals surface area contributed by atoms with Crippen molar-refractivity contribution in [3.05, 3.63) is 0 Å². The number of carboxylic acids is 1. The Kier molecular flexibility index (Phi) is 1.62. The number of hydrogen-bond donors (Lipinski definition) is 1. The van der Waals surface area contributed by atoms with Gasteiger partial charge in [-0.05, 0) is 26.2 Å². The van der Waals surface area contributed by atoms with Gasteiger partial charge >= 0.3 is 11.9 Å². The molecular formula is C9H12O4. The lowest BCUT2D eigenvalue weighted by molar-refractivity contribution is -0.157. The Morgan fingerprint density at radius 3 is 3.00 bits per heavy atom. The summed E-state index contributed by atoms with van der Waals surface area (Å²) in [6.07, 6.45) is 1.79. The highest BCUT2D eigenvalue weighted by molar-refractivity contribution is 5.85. The molecule has 1 saturated carbocycles. The normalized spacial score (nSPS) is 43.0.